The molecule has 2 amide bonds. The number of aryl methyl sites for hydroxylation is 1. The van der Waals surface area contributed by atoms with E-state index in [0.717, 1.165) is 5.56 Å². The van der Waals surface area contributed by atoms with E-state index >= 15 is 0 Å². The molecule has 0 radical (unpaired) electrons. The topological polar surface area (TPSA) is 78.4 Å². The van der Waals surface area contributed by atoms with Crippen LogP contribution >= 0.6 is 0 Å². The average Bonchev–Trinajstić information content (AvgIpc) is 2.45. The molecule has 0 spiro atoms. The minimum atomic E-state index is -0.627. The highest BCUT2D eigenvalue weighted by atomic mass is 16.2. The van der Waals surface area contributed by atoms with Gasteiger partial charge in [-0.15, -0.1) is 0 Å². The maximum atomic E-state index is 12.2. The average molecular weight is 288 g/mol. The number of carbonyl (C=O) groups is 2. The molecule has 0 bridgehead atoms. The van der Waals surface area contributed by atoms with Gasteiger partial charge in [0, 0.05) is 12.1 Å². The van der Waals surface area contributed by atoms with Crippen LogP contribution in [0.25, 0.3) is 0 Å². The molecule has 1 aromatic rings. The summed E-state index contributed by atoms with van der Waals surface area (Å²) in [6.07, 6.45) is 0. The van der Waals surface area contributed by atoms with Crippen LogP contribution in [0, 0.1) is 18.8 Å². The lowest BCUT2D eigenvalue weighted by molar-refractivity contribution is -0.122. The van der Waals surface area contributed by atoms with Crippen LogP contribution < -0.4 is 10.6 Å². The fourth-order valence-corrected chi connectivity index (χ4v) is 1.76. The van der Waals surface area contributed by atoms with Crippen molar-refractivity contribution in [2.24, 2.45) is 0 Å². The molecule has 0 saturated carbocycles. The van der Waals surface area contributed by atoms with Gasteiger partial charge in [-0.3, -0.25) is 9.59 Å². The Bertz CT molecular complexity index is 585. The van der Waals surface area contributed by atoms with E-state index in [-0.39, 0.29) is 18.4 Å². The number of carbonyl (C=O) groups excluding carboxylic acids is 2. The predicted octanol–water partition coefficient (Wildman–Crippen LogP) is 0.593. The molecule has 21 heavy (non-hydrogen) atoms. The normalized spacial score (nSPS) is 11.0. The summed E-state index contributed by atoms with van der Waals surface area (Å²) in [7, 11) is 0. The monoisotopic (exact) mass is 288 g/mol. The van der Waals surface area contributed by atoms with Crippen molar-refractivity contribution in [1.82, 2.24) is 10.6 Å². The van der Waals surface area contributed by atoms with Gasteiger partial charge in [0.1, 0.15) is 12.6 Å². The first-order chi connectivity index (χ1) is 9.99. The number of hydrogen-bond donors (Lipinski definition) is 3. The lowest BCUT2D eigenvalue weighted by atomic mass is 10.0. The molecule has 0 saturated heterocycles. The summed E-state index contributed by atoms with van der Waals surface area (Å²) in [4.78, 5) is 23.9. The fraction of sp³-hybridized carbons (Fsp3) is 0.375. The van der Waals surface area contributed by atoms with Crippen molar-refractivity contribution in [3.63, 3.8) is 0 Å². The van der Waals surface area contributed by atoms with E-state index in [2.05, 4.69) is 22.5 Å². The van der Waals surface area contributed by atoms with Gasteiger partial charge in [-0.25, -0.2) is 0 Å². The maximum absolute atomic E-state index is 12.2. The van der Waals surface area contributed by atoms with Crippen LogP contribution in [-0.4, -0.2) is 36.1 Å². The Hall–Kier alpha value is -2.32. The number of aliphatic hydroxyl groups is 1. The molecule has 1 unspecified atom stereocenters. The molecule has 5 heteroatoms. The van der Waals surface area contributed by atoms with Crippen LogP contribution in [0.3, 0.4) is 0 Å². The molecule has 0 heterocycles. The number of nitrogens with one attached hydrogen (secondary N) is 2. The molecular weight excluding hydrogens is 268 g/mol. The molecule has 1 atom stereocenters. The summed E-state index contributed by atoms with van der Waals surface area (Å²) in [5, 5.41) is 14.1. The summed E-state index contributed by atoms with van der Waals surface area (Å²) >= 11 is 0. The Morgan fingerprint density at radius 2 is 2.10 bits per heavy atom. The van der Waals surface area contributed by atoms with E-state index in [1.54, 1.807) is 25.1 Å². The zero-order chi connectivity index (χ0) is 15.8. The van der Waals surface area contributed by atoms with Crippen LogP contribution in [0.1, 0.15) is 35.3 Å². The highest BCUT2D eigenvalue weighted by Crippen LogP contribution is 2.11. The summed E-state index contributed by atoms with van der Waals surface area (Å²) < 4.78 is 0. The first-order valence-electron chi connectivity index (χ1n) is 6.78. The molecule has 0 aromatic heterocycles. The third kappa shape index (κ3) is 4.93. The van der Waals surface area contributed by atoms with E-state index < -0.39 is 6.04 Å². The molecule has 0 aliphatic carbocycles. The number of benzene rings is 1. The van der Waals surface area contributed by atoms with Crippen LogP contribution in [0.4, 0.5) is 0 Å². The number of rotatable bonds is 4. The molecule has 1 rings (SSSR count). The Kier molecular flexibility index (Phi) is 6.44. The van der Waals surface area contributed by atoms with Gasteiger partial charge in [0.05, 0.1) is 5.56 Å². The number of hydrogen-bond acceptors (Lipinski definition) is 3. The lowest BCUT2D eigenvalue weighted by Crippen LogP contribution is -2.44. The van der Waals surface area contributed by atoms with Gasteiger partial charge in [0.15, 0.2) is 0 Å². The summed E-state index contributed by atoms with van der Waals surface area (Å²) in [5.41, 5.74) is 1.88. The minimum Gasteiger partial charge on any atom is -0.384 e. The zero-order valence-corrected chi connectivity index (χ0v) is 12.5. The van der Waals surface area contributed by atoms with Gasteiger partial charge in [-0.2, -0.15) is 0 Å². The molecule has 112 valence electrons. The SMILES string of the molecule is CCNC(=O)C(C)NC(=O)c1ccc(C)cc1C#CCO. The summed E-state index contributed by atoms with van der Waals surface area (Å²) in [6, 6.07) is 4.61. The third-order valence-corrected chi connectivity index (χ3v) is 2.81. The Labute approximate surface area is 124 Å². The van der Waals surface area contributed by atoms with Gasteiger partial charge in [0.2, 0.25) is 5.91 Å². The number of aliphatic hydroxyl groups excluding tert-OH is 1. The van der Waals surface area contributed by atoms with E-state index in [1.807, 2.05) is 13.8 Å². The van der Waals surface area contributed by atoms with Crippen molar-refractivity contribution in [2.75, 3.05) is 13.2 Å². The van der Waals surface area contributed by atoms with Gasteiger partial charge in [-0.1, -0.05) is 17.9 Å². The third-order valence-electron chi connectivity index (χ3n) is 2.81. The molecule has 5 nitrogen and oxygen atoms in total. The summed E-state index contributed by atoms with van der Waals surface area (Å²) in [5.74, 6) is 4.68. The van der Waals surface area contributed by atoms with Crippen LogP contribution in [0.5, 0.6) is 0 Å². The first-order valence-corrected chi connectivity index (χ1v) is 6.78. The molecule has 0 aliphatic heterocycles. The smallest absolute Gasteiger partial charge is 0.253 e. The van der Waals surface area contributed by atoms with E-state index in [1.165, 1.54) is 0 Å². The largest absolute Gasteiger partial charge is 0.384 e. The zero-order valence-electron chi connectivity index (χ0n) is 12.5. The van der Waals surface area contributed by atoms with Crippen molar-refractivity contribution < 1.29 is 14.7 Å². The van der Waals surface area contributed by atoms with E-state index in [9.17, 15) is 9.59 Å². The van der Waals surface area contributed by atoms with E-state index in [4.69, 9.17) is 5.11 Å². The molecule has 3 N–H and O–H groups in total. The quantitative estimate of drug-likeness (QED) is 0.710. The van der Waals surface area contributed by atoms with Crippen LogP contribution in [-0.2, 0) is 4.79 Å². The van der Waals surface area contributed by atoms with Gasteiger partial charge < -0.3 is 15.7 Å². The number of amides is 2. The molecular formula is C16H20N2O3. The van der Waals surface area contributed by atoms with Crippen molar-refractivity contribution >= 4 is 11.8 Å². The van der Waals surface area contributed by atoms with Crippen LogP contribution in [0.15, 0.2) is 18.2 Å². The predicted molar refractivity (Wildman–Crippen MR) is 80.8 cm³/mol. The highest BCUT2D eigenvalue weighted by molar-refractivity contribution is 5.99. The fourth-order valence-electron chi connectivity index (χ4n) is 1.76. The molecule has 0 fully saturated rings. The van der Waals surface area contributed by atoms with Crippen molar-refractivity contribution in [2.45, 2.75) is 26.8 Å². The minimum absolute atomic E-state index is 0.235. The number of likely N-dealkylation sites (N-methyl/N-ethyl adjacent to an activating group) is 1. The molecule has 0 aliphatic rings. The van der Waals surface area contributed by atoms with Crippen LogP contribution in [0.2, 0.25) is 0 Å². The standard InChI is InChI=1S/C16H20N2O3/c1-4-17-15(20)12(3)18-16(21)14-8-7-11(2)10-13(14)6-5-9-19/h7-8,10,12,19H,4,9H2,1-3H3,(H,17,20)(H,18,21). The second kappa shape index (κ2) is 8.08. The highest BCUT2D eigenvalue weighted by Gasteiger charge is 2.17. The molecule has 1 aromatic carbocycles. The van der Waals surface area contributed by atoms with Crippen molar-refractivity contribution in [3.05, 3.63) is 34.9 Å². The lowest BCUT2D eigenvalue weighted by Gasteiger charge is -2.14. The second-order valence-electron chi connectivity index (χ2n) is 4.60. The van der Waals surface area contributed by atoms with Gasteiger partial charge in [0.25, 0.3) is 5.91 Å². The second-order valence-corrected chi connectivity index (χ2v) is 4.60. The Morgan fingerprint density at radius 1 is 1.38 bits per heavy atom. The Morgan fingerprint density at radius 3 is 2.71 bits per heavy atom. The van der Waals surface area contributed by atoms with Gasteiger partial charge >= 0.3 is 0 Å². The van der Waals surface area contributed by atoms with Crippen molar-refractivity contribution in [3.8, 4) is 11.8 Å². The first kappa shape index (κ1) is 16.7. The Balaban J connectivity index is 2.94. The van der Waals surface area contributed by atoms with Crippen molar-refractivity contribution in [1.29, 1.82) is 0 Å². The summed E-state index contributed by atoms with van der Waals surface area (Å²) in [6.45, 7) is 5.56. The van der Waals surface area contributed by atoms with E-state index in [0.29, 0.717) is 17.7 Å². The van der Waals surface area contributed by atoms with Gasteiger partial charge in [-0.05, 0) is 38.5 Å². The maximum Gasteiger partial charge on any atom is 0.253 e.